The molecule has 37 heavy (non-hydrogen) atoms. The number of ether oxygens (including phenoxy) is 2. The summed E-state index contributed by atoms with van der Waals surface area (Å²) < 4.78 is 42.0. The van der Waals surface area contributed by atoms with Crippen LogP contribution in [-0.2, 0) is 19.6 Å². The van der Waals surface area contributed by atoms with Crippen molar-refractivity contribution in [2.75, 3.05) is 62.2 Å². The van der Waals surface area contributed by atoms with E-state index in [0.29, 0.717) is 36.6 Å². The summed E-state index contributed by atoms with van der Waals surface area (Å²) in [6.45, 7) is 5.12. The van der Waals surface area contributed by atoms with Gasteiger partial charge in [0.25, 0.3) is 15.9 Å². The van der Waals surface area contributed by atoms with E-state index in [1.807, 2.05) is 50.5 Å². The number of fused-ring (bicyclic) bond motifs is 1. The summed E-state index contributed by atoms with van der Waals surface area (Å²) in [5.41, 5.74) is 2.05. The van der Waals surface area contributed by atoms with Crippen LogP contribution in [0.25, 0.3) is 0 Å². The van der Waals surface area contributed by atoms with Gasteiger partial charge in [-0.25, -0.2) is 8.42 Å². The van der Waals surface area contributed by atoms with Gasteiger partial charge in [0.2, 0.25) is 5.84 Å². The predicted molar refractivity (Wildman–Crippen MR) is 144 cm³/mol. The first-order valence-corrected chi connectivity index (χ1v) is 13.7. The molecule has 2 aromatic rings. The average molecular weight is 531 g/mol. The first kappa shape index (κ1) is 26.7. The molecule has 2 aromatic carbocycles. The van der Waals surface area contributed by atoms with Crippen molar-refractivity contribution in [1.29, 1.82) is 0 Å². The van der Waals surface area contributed by atoms with Gasteiger partial charge in [0.1, 0.15) is 11.9 Å². The molecule has 2 aliphatic heterocycles. The summed E-state index contributed by atoms with van der Waals surface area (Å²) in [6.07, 6.45) is 0.0335. The summed E-state index contributed by atoms with van der Waals surface area (Å²) >= 11 is 0. The Morgan fingerprint density at radius 3 is 2.49 bits per heavy atom. The second-order valence-electron chi connectivity index (χ2n) is 9.61. The van der Waals surface area contributed by atoms with E-state index in [4.69, 9.17) is 9.47 Å². The Labute approximate surface area is 219 Å². The highest BCUT2D eigenvalue weighted by atomic mass is 32.2. The molecule has 1 N–H and O–H groups in total. The fraction of sp³-hybridized carbons (Fsp3) is 0.462. The first-order chi connectivity index (χ1) is 17.5. The van der Waals surface area contributed by atoms with E-state index >= 15 is 0 Å². The molecule has 1 amide bonds. The van der Waals surface area contributed by atoms with E-state index in [-0.39, 0.29) is 23.6 Å². The Balaban J connectivity index is 1.51. The van der Waals surface area contributed by atoms with Gasteiger partial charge < -0.3 is 19.3 Å². The van der Waals surface area contributed by atoms with Crippen molar-refractivity contribution < 1.29 is 27.3 Å². The number of anilines is 3. The highest BCUT2D eigenvalue weighted by molar-refractivity contribution is 7.92. The van der Waals surface area contributed by atoms with Gasteiger partial charge in [-0.3, -0.25) is 19.0 Å². The van der Waals surface area contributed by atoms with Gasteiger partial charge in [0, 0.05) is 45.2 Å². The van der Waals surface area contributed by atoms with Crippen molar-refractivity contribution in [3.63, 3.8) is 0 Å². The monoisotopic (exact) mass is 530 g/mol. The maximum atomic E-state index is 13.8. The number of carbonyl (C=O) groups is 1. The molecule has 0 saturated carbocycles. The topological polar surface area (TPSA) is 94.4 Å². The maximum Gasteiger partial charge on any atom is 0.264 e. The molecule has 0 radical (unpaired) electrons. The van der Waals surface area contributed by atoms with Gasteiger partial charge >= 0.3 is 0 Å². The minimum Gasteiger partial charge on any atom is -0.497 e. The van der Waals surface area contributed by atoms with Gasteiger partial charge in [-0.2, -0.15) is 0 Å². The number of carbonyl (C=O) groups excluding carboxylic acids is 1. The molecule has 2 aliphatic rings. The third kappa shape index (κ3) is 5.24. The van der Waals surface area contributed by atoms with E-state index in [1.165, 1.54) is 4.31 Å². The Hall–Kier alpha value is -3.31. The molecule has 0 bridgehead atoms. The molecule has 4 rings (SSSR count). The predicted octanol–water partition coefficient (Wildman–Crippen LogP) is 2.09. The zero-order valence-electron chi connectivity index (χ0n) is 22.3. The quantitative estimate of drug-likeness (QED) is 0.254. The Bertz CT molecular complexity index is 1290. The second-order valence-corrected chi connectivity index (χ2v) is 11.4. The maximum absolute atomic E-state index is 13.8. The molecular formula is C26H36N5O5S+. The molecule has 200 valence electrons. The number of amides is 1. The molecule has 10 nitrogen and oxygen atoms in total. The van der Waals surface area contributed by atoms with Gasteiger partial charge in [-0.05, 0) is 43.3 Å². The molecule has 0 aliphatic carbocycles. The van der Waals surface area contributed by atoms with Crippen molar-refractivity contribution in [3.05, 3.63) is 42.5 Å². The molecule has 2 atom stereocenters. The smallest absolute Gasteiger partial charge is 0.264 e. The molecular weight excluding hydrogens is 494 g/mol. The molecule has 11 heteroatoms. The fourth-order valence-corrected chi connectivity index (χ4v) is 6.34. The van der Waals surface area contributed by atoms with Crippen LogP contribution in [0.2, 0.25) is 0 Å². The van der Waals surface area contributed by atoms with E-state index in [0.717, 1.165) is 11.5 Å². The molecule has 0 aromatic heterocycles. The number of benzene rings is 2. The summed E-state index contributed by atoms with van der Waals surface area (Å²) in [6, 6.07) is 11.6. The highest BCUT2D eigenvalue weighted by Gasteiger charge is 2.37. The van der Waals surface area contributed by atoms with Crippen LogP contribution in [0.4, 0.5) is 17.1 Å². The van der Waals surface area contributed by atoms with Crippen molar-refractivity contribution in [1.82, 2.24) is 5.32 Å². The molecule has 2 unspecified atom stereocenters. The van der Waals surface area contributed by atoms with Crippen LogP contribution in [-0.4, -0.2) is 85.0 Å². The van der Waals surface area contributed by atoms with Gasteiger partial charge in [0.15, 0.2) is 6.73 Å². The lowest BCUT2D eigenvalue weighted by Crippen LogP contribution is -2.49. The number of nitrogens with zero attached hydrogens (tertiary/aromatic N) is 4. The Morgan fingerprint density at radius 2 is 1.84 bits per heavy atom. The lowest BCUT2D eigenvalue weighted by Gasteiger charge is -2.41. The number of amidine groups is 1. The Kier molecular flexibility index (Phi) is 7.65. The zero-order valence-corrected chi connectivity index (χ0v) is 23.1. The van der Waals surface area contributed by atoms with Crippen LogP contribution < -0.4 is 24.2 Å². The summed E-state index contributed by atoms with van der Waals surface area (Å²) in [5.74, 6) is 1.48. The van der Waals surface area contributed by atoms with Crippen molar-refractivity contribution in [2.24, 2.45) is 0 Å². The third-order valence-corrected chi connectivity index (χ3v) is 8.86. The van der Waals surface area contributed by atoms with Crippen LogP contribution in [0.15, 0.2) is 47.4 Å². The summed E-state index contributed by atoms with van der Waals surface area (Å²) in [5, 5.41) is 3.13. The number of nitrogens with one attached hydrogen (secondary N) is 1. The first-order valence-electron chi connectivity index (χ1n) is 12.3. The van der Waals surface area contributed by atoms with Gasteiger partial charge in [-0.15, -0.1) is 0 Å². The Morgan fingerprint density at radius 1 is 1.14 bits per heavy atom. The van der Waals surface area contributed by atoms with Crippen molar-refractivity contribution >= 4 is 38.8 Å². The SMILES string of the molecule is COc1ccc2c(c1)N(C)CC(C)N2S(=O)(=O)c1ccc(N2CCC(OCNC(C)=[N+](C)C)C2=O)cc1. The number of methoxy groups -OCH3 is 1. The molecule has 0 spiro atoms. The molecule has 1 fully saturated rings. The third-order valence-electron chi connectivity index (χ3n) is 6.91. The number of hydrogen-bond acceptors (Lipinski definition) is 6. The van der Waals surface area contributed by atoms with E-state index < -0.39 is 16.1 Å². The lowest BCUT2D eigenvalue weighted by atomic mass is 10.1. The summed E-state index contributed by atoms with van der Waals surface area (Å²) in [7, 11) is 3.54. The largest absolute Gasteiger partial charge is 0.497 e. The highest BCUT2D eigenvalue weighted by Crippen LogP contribution is 2.40. The van der Waals surface area contributed by atoms with Gasteiger partial charge in [-0.1, -0.05) is 0 Å². The number of sulfonamides is 1. The van der Waals surface area contributed by atoms with Crippen LogP contribution >= 0.6 is 0 Å². The zero-order chi connectivity index (χ0) is 26.9. The second kappa shape index (κ2) is 10.6. The van der Waals surface area contributed by atoms with E-state index in [9.17, 15) is 13.2 Å². The van der Waals surface area contributed by atoms with Crippen molar-refractivity contribution in [3.8, 4) is 5.75 Å². The van der Waals surface area contributed by atoms with Crippen LogP contribution in [0, 0.1) is 0 Å². The van der Waals surface area contributed by atoms with Crippen LogP contribution in [0.5, 0.6) is 5.75 Å². The van der Waals surface area contributed by atoms with Crippen LogP contribution in [0.3, 0.4) is 0 Å². The summed E-state index contributed by atoms with van der Waals surface area (Å²) in [4.78, 5) is 16.8. The number of hydrogen-bond donors (Lipinski definition) is 1. The standard InChI is InChI=1S/C26H35N5O5S/c1-18-16-29(5)24-15-21(35-6)9-12-23(24)31(18)37(33,34)22-10-7-20(8-11-22)30-14-13-25(26(30)32)36-17-27-19(2)28(3)4/h7-12,15,18,25H,13-14,16-17H2,1-6H3/p+1. The minimum atomic E-state index is -3.84. The van der Waals surface area contributed by atoms with E-state index in [2.05, 4.69) is 5.32 Å². The number of rotatable bonds is 7. The van der Waals surface area contributed by atoms with Crippen molar-refractivity contribution in [2.45, 2.75) is 37.3 Å². The van der Waals surface area contributed by atoms with Crippen LogP contribution in [0.1, 0.15) is 20.3 Å². The molecule has 1 saturated heterocycles. The minimum absolute atomic E-state index is 0.129. The fourth-order valence-electron chi connectivity index (χ4n) is 4.68. The lowest BCUT2D eigenvalue weighted by molar-refractivity contribution is -0.467. The normalized spacial score (nSPS) is 19.6. The van der Waals surface area contributed by atoms with E-state index in [1.54, 1.807) is 48.4 Å². The van der Waals surface area contributed by atoms with Gasteiger partial charge in [0.05, 0.1) is 43.5 Å². The number of likely N-dealkylation sites (N-methyl/N-ethyl adjacent to an activating group) is 1. The molecule has 2 heterocycles. The average Bonchev–Trinajstić information content (AvgIpc) is 3.23.